The van der Waals surface area contributed by atoms with E-state index in [1.807, 2.05) is 0 Å². The molecule has 0 saturated heterocycles. The first-order valence-electron chi connectivity index (χ1n) is 10.1. The molecule has 0 fully saturated rings. The highest BCUT2D eigenvalue weighted by molar-refractivity contribution is 8.00. The van der Waals surface area contributed by atoms with Crippen molar-refractivity contribution in [2.24, 2.45) is 0 Å². The van der Waals surface area contributed by atoms with Crippen LogP contribution in [0.2, 0.25) is 0 Å². The molecule has 4 aromatic rings. The summed E-state index contributed by atoms with van der Waals surface area (Å²) >= 11 is 0.872. The van der Waals surface area contributed by atoms with Crippen LogP contribution in [0.15, 0.2) is 64.5 Å². The van der Waals surface area contributed by atoms with Gasteiger partial charge in [0.05, 0.1) is 27.5 Å². The maximum Gasteiger partial charge on any atom is 0.266 e. The fraction of sp³-hybridized carbons (Fsp3) is 0.125. The van der Waals surface area contributed by atoms with Crippen LogP contribution in [0.1, 0.15) is 12.5 Å². The van der Waals surface area contributed by atoms with Gasteiger partial charge in [-0.2, -0.15) is 0 Å². The summed E-state index contributed by atoms with van der Waals surface area (Å²) in [7, 11) is 0. The molecule has 0 spiro atoms. The number of carbonyl (C=O) groups excluding carboxylic acids is 1. The van der Waals surface area contributed by atoms with Crippen molar-refractivity contribution in [1.29, 1.82) is 0 Å². The minimum atomic E-state index is -1.70. The van der Waals surface area contributed by atoms with Gasteiger partial charge in [0, 0.05) is 0 Å². The molecule has 0 saturated carbocycles. The number of aromatic nitrogens is 2. The number of thioether (sulfide) groups is 1. The van der Waals surface area contributed by atoms with E-state index in [0.29, 0.717) is 22.5 Å². The zero-order chi connectivity index (χ0) is 24.6. The number of hydrogen-bond acceptors (Lipinski definition) is 4. The van der Waals surface area contributed by atoms with Crippen molar-refractivity contribution in [3.63, 3.8) is 0 Å². The summed E-state index contributed by atoms with van der Waals surface area (Å²) in [4.78, 5) is 30.4. The van der Waals surface area contributed by atoms with Crippen LogP contribution >= 0.6 is 11.8 Å². The monoisotopic (exact) mass is 487 g/mol. The van der Waals surface area contributed by atoms with Gasteiger partial charge in [-0.3, -0.25) is 14.2 Å². The van der Waals surface area contributed by atoms with Gasteiger partial charge in [-0.15, -0.1) is 0 Å². The largest absolute Gasteiger partial charge is 0.323 e. The number of nitrogens with one attached hydrogen (secondary N) is 1. The highest BCUT2D eigenvalue weighted by Crippen LogP contribution is 2.27. The first kappa shape index (κ1) is 23.5. The number of benzene rings is 3. The molecule has 0 aliphatic heterocycles. The van der Waals surface area contributed by atoms with E-state index in [1.54, 1.807) is 37.3 Å². The van der Waals surface area contributed by atoms with Gasteiger partial charge < -0.3 is 5.32 Å². The first-order valence-corrected chi connectivity index (χ1v) is 10.9. The molecular weight excluding hydrogens is 470 g/mol. The smallest absolute Gasteiger partial charge is 0.266 e. The topological polar surface area (TPSA) is 64.0 Å². The summed E-state index contributed by atoms with van der Waals surface area (Å²) in [6, 6.07) is 12.4. The number of carbonyl (C=O) groups is 1. The molecular formula is C24H17F4N3O2S. The Morgan fingerprint density at radius 2 is 1.74 bits per heavy atom. The van der Waals surface area contributed by atoms with Crippen molar-refractivity contribution in [3.05, 3.63) is 93.8 Å². The zero-order valence-corrected chi connectivity index (χ0v) is 18.7. The fourth-order valence-electron chi connectivity index (χ4n) is 3.21. The minimum absolute atomic E-state index is 0.0976. The van der Waals surface area contributed by atoms with Crippen molar-refractivity contribution in [1.82, 2.24) is 9.55 Å². The van der Waals surface area contributed by atoms with Crippen LogP contribution in [0.5, 0.6) is 0 Å². The number of halogens is 4. The Bertz CT molecular complexity index is 1490. The van der Waals surface area contributed by atoms with Crippen molar-refractivity contribution < 1.29 is 22.4 Å². The average Bonchev–Trinajstić information content (AvgIpc) is 2.81. The molecule has 0 bridgehead atoms. The number of nitrogens with zero attached hydrogens (tertiary/aromatic N) is 2. The molecule has 34 heavy (non-hydrogen) atoms. The summed E-state index contributed by atoms with van der Waals surface area (Å²) in [5.41, 5.74) is -0.0105. The predicted molar refractivity (Wildman–Crippen MR) is 122 cm³/mol. The Labute approximate surface area is 195 Å². The molecule has 10 heteroatoms. The number of anilines is 1. The lowest BCUT2D eigenvalue weighted by Gasteiger charge is -2.17. The third kappa shape index (κ3) is 4.41. The molecule has 4 rings (SSSR count). The molecule has 1 N–H and O–H groups in total. The molecule has 3 aromatic carbocycles. The predicted octanol–water partition coefficient (Wildman–Crippen LogP) is 5.37. The molecule has 1 atom stereocenters. The van der Waals surface area contributed by atoms with Crippen LogP contribution in [0.3, 0.4) is 0 Å². The number of fused-ring (bicyclic) bond motifs is 1. The summed E-state index contributed by atoms with van der Waals surface area (Å²) in [6.07, 6.45) is 0. The van der Waals surface area contributed by atoms with Crippen LogP contribution in [-0.2, 0) is 4.79 Å². The summed E-state index contributed by atoms with van der Waals surface area (Å²) in [6.45, 7) is 3.05. The molecule has 1 heterocycles. The number of hydrogen-bond donors (Lipinski definition) is 1. The zero-order valence-electron chi connectivity index (χ0n) is 17.9. The molecule has 0 radical (unpaired) electrons. The minimum Gasteiger partial charge on any atom is -0.323 e. The molecule has 1 aromatic heterocycles. The van der Waals surface area contributed by atoms with Gasteiger partial charge in [-0.25, -0.2) is 22.5 Å². The SMILES string of the molecule is Cc1ccc(-n2c(SC(C)C(=O)Nc3ccc(F)c(F)c3F)nc3ccccc3c2=O)cc1F. The van der Waals surface area contributed by atoms with Gasteiger partial charge in [0.25, 0.3) is 5.56 Å². The van der Waals surface area contributed by atoms with E-state index < -0.39 is 45.7 Å². The van der Waals surface area contributed by atoms with E-state index in [2.05, 4.69) is 10.3 Å². The molecule has 5 nitrogen and oxygen atoms in total. The van der Waals surface area contributed by atoms with E-state index in [0.717, 1.165) is 17.8 Å². The van der Waals surface area contributed by atoms with Crippen LogP contribution in [0.25, 0.3) is 16.6 Å². The Morgan fingerprint density at radius 3 is 2.47 bits per heavy atom. The standard InChI is InChI=1S/C24H17F4N3O2S/c1-12-7-8-14(11-17(12)26)31-23(33)15-5-3-4-6-18(15)30-24(31)34-13(2)22(32)29-19-10-9-16(25)20(27)21(19)28/h3-11,13H,1-2H3,(H,29,32). The van der Waals surface area contributed by atoms with Crippen LogP contribution < -0.4 is 10.9 Å². The van der Waals surface area contributed by atoms with Crippen LogP contribution in [-0.4, -0.2) is 20.7 Å². The molecule has 1 amide bonds. The molecule has 0 aliphatic rings. The third-order valence-corrected chi connectivity index (χ3v) is 6.16. The van der Waals surface area contributed by atoms with Crippen molar-refractivity contribution >= 4 is 34.3 Å². The second-order valence-corrected chi connectivity index (χ2v) is 8.77. The van der Waals surface area contributed by atoms with Crippen molar-refractivity contribution in [3.8, 4) is 5.69 Å². The maximum absolute atomic E-state index is 14.3. The Kier molecular flexibility index (Phi) is 6.43. The Balaban J connectivity index is 1.73. The van der Waals surface area contributed by atoms with E-state index in [4.69, 9.17) is 0 Å². The molecule has 0 aliphatic carbocycles. The maximum atomic E-state index is 14.3. The summed E-state index contributed by atoms with van der Waals surface area (Å²) in [5, 5.41) is 1.66. The lowest BCUT2D eigenvalue weighted by atomic mass is 10.2. The fourth-order valence-corrected chi connectivity index (χ4v) is 4.14. The van der Waals surface area contributed by atoms with E-state index in [9.17, 15) is 27.2 Å². The van der Waals surface area contributed by atoms with E-state index in [-0.39, 0.29) is 10.8 Å². The van der Waals surface area contributed by atoms with E-state index in [1.165, 1.54) is 23.6 Å². The van der Waals surface area contributed by atoms with Crippen molar-refractivity contribution in [2.45, 2.75) is 24.3 Å². The molecule has 1 unspecified atom stereocenters. The van der Waals surface area contributed by atoms with Crippen LogP contribution in [0.4, 0.5) is 23.2 Å². The van der Waals surface area contributed by atoms with Crippen LogP contribution in [0, 0.1) is 30.2 Å². The van der Waals surface area contributed by atoms with Crippen molar-refractivity contribution in [2.75, 3.05) is 5.32 Å². The quantitative estimate of drug-likeness (QED) is 0.178. The normalized spacial score (nSPS) is 12.1. The first-order chi connectivity index (χ1) is 16.2. The lowest BCUT2D eigenvalue weighted by molar-refractivity contribution is -0.115. The van der Waals surface area contributed by atoms with Gasteiger partial charge in [-0.1, -0.05) is 30.0 Å². The second kappa shape index (κ2) is 9.30. The number of aryl methyl sites for hydroxylation is 1. The van der Waals surface area contributed by atoms with Gasteiger partial charge in [0.15, 0.2) is 22.6 Å². The molecule has 174 valence electrons. The number of rotatable bonds is 5. The third-order valence-electron chi connectivity index (χ3n) is 5.10. The highest BCUT2D eigenvalue weighted by atomic mass is 32.2. The second-order valence-electron chi connectivity index (χ2n) is 7.46. The van der Waals surface area contributed by atoms with Gasteiger partial charge in [-0.05, 0) is 55.8 Å². The Morgan fingerprint density at radius 1 is 1.00 bits per heavy atom. The summed E-state index contributed by atoms with van der Waals surface area (Å²) in [5.74, 6) is -5.87. The number of para-hydroxylation sites is 1. The van der Waals surface area contributed by atoms with Gasteiger partial charge in [0.2, 0.25) is 5.91 Å². The number of amides is 1. The van der Waals surface area contributed by atoms with E-state index >= 15 is 0 Å². The highest BCUT2D eigenvalue weighted by Gasteiger charge is 2.23. The lowest BCUT2D eigenvalue weighted by Crippen LogP contribution is -2.26. The van der Waals surface area contributed by atoms with Gasteiger partial charge in [0.1, 0.15) is 5.82 Å². The average molecular weight is 487 g/mol. The Hall–Kier alpha value is -3.66. The summed E-state index contributed by atoms with van der Waals surface area (Å²) < 4.78 is 56.1. The van der Waals surface area contributed by atoms with Gasteiger partial charge >= 0.3 is 0 Å².